The highest BCUT2D eigenvalue weighted by molar-refractivity contribution is 6.84. The van der Waals surface area contributed by atoms with E-state index in [0.29, 0.717) is 18.6 Å². The van der Waals surface area contributed by atoms with E-state index in [4.69, 9.17) is 14.5 Å². The molecule has 0 atom stereocenters. The summed E-state index contributed by atoms with van der Waals surface area (Å²) < 4.78 is 9.95. The third-order valence-corrected chi connectivity index (χ3v) is 9.10. The smallest absolute Gasteiger partial charge is 0.305 e. The summed E-state index contributed by atoms with van der Waals surface area (Å²) in [5.74, 6) is 9.72. The summed E-state index contributed by atoms with van der Waals surface area (Å²) in [4.78, 5) is 33.2. The SMILES string of the molecule is COC(=O)CCC1=C(C)C(C#C[Si](C)(C)C)=N/C1=C(/C#C[Si](C)(C)C)c1[nH]c(C#C[Si](C)(C)C)c(C)c1CCC(=O)OC. The second-order valence-electron chi connectivity index (χ2n) is 13.9. The van der Waals surface area contributed by atoms with Gasteiger partial charge in [0.25, 0.3) is 0 Å². The van der Waals surface area contributed by atoms with Crippen LogP contribution in [0.15, 0.2) is 21.8 Å². The van der Waals surface area contributed by atoms with Crippen LogP contribution in [0.2, 0.25) is 58.9 Å². The summed E-state index contributed by atoms with van der Waals surface area (Å²) in [6.07, 6.45) is 1.37. The first-order valence-corrected chi connectivity index (χ1v) is 25.2. The minimum absolute atomic E-state index is 0.220. The zero-order chi connectivity index (χ0) is 32.8. The quantitative estimate of drug-likeness (QED) is 0.202. The summed E-state index contributed by atoms with van der Waals surface area (Å²) in [5.41, 5.74) is 18.1. The fourth-order valence-electron chi connectivity index (χ4n) is 4.15. The van der Waals surface area contributed by atoms with Crippen LogP contribution in [-0.2, 0) is 25.5 Å². The minimum Gasteiger partial charge on any atom is -0.469 e. The van der Waals surface area contributed by atoms with Gasteiger partial charge in [-0.2, -0.15) is 0 Å². The molecule has 1 aliphatic heterocycles. The van der Waals surface area contributed by atoms with Gasteiger partial charge in [-0.15, -0.1) is 16.6 Å². The first-order valence-electron chi connectivity index (χ1n) is 14.7. The van der Waals surface area contributed by atoms with Crippen molar-refractivity contribution in [2.24, 2.45) is 4.99 Å². The van der Waals surface area contributed by atoms with E-state index in [1.807, 2.05) is 13.8 Å². The molecule has 9 heteroatoms. The third kappa shape index (κ3) is 11.0. The lowest BCUT2D eigenvalue weighted by atomic mass is 9.94. The average Bonchev–Trinajstić information content (AvgIpc) is 3.37. The monoisotopic (exact) mass is 632 g/mol. The number of nitrogens with zero attached hydrogens (tertiary/aromatic N) is 1. The molecule has 0 fully saturated rings. The molecule has 2 rings (SSSR count). The Labute approximate surface area is 262 Å². The van der Waals surface area contributed by atoms with E-state index >= 15 is 0 Å². The van der Waals surface area contributed by atoms with Gasteiger partial charge in [0.15, 0.2) is 0 Å². The van der Waals surface area contributed by atoms with Gasteiger partial charge >= 0.3 is 11.9 Å². The van der Waals surface area contributed by atoms with Gasteiger partial charge < -0.3 is 14.5 Å². The van der Waals surface area contributed by atoms with Crippen molar-refractivity contribution >= 4 is 47.4 Å². The molecule has 0 saturated heterocycles. The highest BCUT2D eigenvalue weighted by Gasteiger charge is 2.27. The summed E-state index contributed by atoms with van der Waals surface area (Å²) in [5, 5.41) is 0. The van der Waals surface area contributed by atoms with Crippen LogP contribution in [0.1, 0.15) is 48.7 Å². The highest BCUT2D eigenvalue weighted by atomic mass is 28.3. The molecular weight excluding hydrogens is 585 g/mol. The highest BCUT2D eigenvalue weighted by Crippen LogP contribution is 2.37. The standard InChI is InChI=1S/C34H48N2O4Si3/c1-24-26(14-16-31(37)39-3)33(35-29(24)19-22-42(8,9)10)28(18-21-41(5,6)7)34-27(15-17-32(38)40-4)25(2)30(36-34)20-23-43(11,12)13/h35H,14-17H2,1-13H3/b34-28-. The van der Waals surface area contributed by atoms with Crippen molar-refractivity contribution in [2.45, 2.75) is 98.5 Å². The second-order valence-corrected chi connectivity index (χ2v) is 28.2. The van der Waals surface area contributed by atoms with Crippen LogP contribution in [0.25, 0.3) is 5.57 Å². The zero-order valence-corrected chi connectivity index (χ0v) is 31.4. The summed E-state index contributed by atoms with van der Waals surface area (Å²) in [6, 6.07) is 0. The lowest BCUT2D eigenvalue weighted by Gasteiger charge is -2.12. The number of nitrogens with one attached hydrogen (secondary N) is 1. The Balaban J connectivity index is 3.03. The number of aliphatic imine (C=N–C) groups is 1. The normalized spacial score (nSPS) is 14.5. The second kappa shape index (κ2) is 14.4. The molecule has 0 radical (unpaired) electrons. The molecular formula is C34H48N2O4Si3. The van der Waals surface area contributed by atoms with Crippen molar-refractivity contribution in [2.75, 3.05) is 14.2 Å². The molecule has 230 valence electrons. The molecule has 0 aliphatic carbocycles. The number of methoxy groups -OCH3 is 2. The van der Waals surface area contributed by atoms with Gasteiger partial charge in [0.05, 0.1) is 36.9 Å². The van der Waals surface area contributed by atoms with Gasteiger partial charge in [-0.05, 0) is 49.0 Å². The summed E-state index contributed by atoms with van der Waals surface area (Å²) in [7, 11) is -2.34. The van der Waals surface area contributed by atoms with Gasteiger partial charge in [-0.3, -0.25) is 9.59 Å². The third-order valence-electron chi connectivity index (χ3n) is 6.48. The molecule has 0 aromatic carbocycles. The fourth-order valence-corrected chi connectivity index (χ4v) is 5.64. The van der Waals surface area contributed by atoms with Gasteiger partial charge in [0.2, 0.25) is 0 Å². The van der Waals surface area contributed by atoms with Crippen LogP contribution in [0.4, 0.5) is 0 Å². The first kappa shape index (κ1) is 35.9. The maximum absolute atomic E-state index is 12.2. The van der Waals surface area contributed by atoms with Crippen LogP contribution in [-0.4, -0.2) is 61.1 Å². The topological polar surface area (TPSA) is 80.8 Å². The number of carbonyl (C=O) groups excluding carboxylic acids is 2. The minimum atomic E-state index is -1.82. The number of hydrogen-bond acceptors (Lipinski definition) is 5. The number of hydrogen-bond donors (Lipinski definition) is 1. The van der Waals surface area contributed by atoms with Crippen molar-refractivity contribution < 1.29 is 19.1 Å². The Kier molecular flexibility index (Phi) is 12.1. The Morgan fingerprint density at radius 2 is 1.28 bits per heavy atom. The van der Waals surface area contributed by atoms with Gasteiger partial charge in [0, 0.05) is 12.8 Å². The molecule has 43 heavy (non-hydrogen) atoms. The Morgan fingerprint density at radius 1 is 0.767 bits per heavy atom. The van der Waals surface area contributed by atoms with Gasteiger partial charge in [0.1, 0.15) is 29.9 Å². The number of H-pyrrole nitrogens is 1. The molecule has 0 saturated carbocycles. The van der Waals surface area contributed by atoms with E-state index in [1.165, 1.54) is 14.2 Å². The van der Waals surface area contributed by atoms with Gasteiger partial charge in [-0.1, -0.05) is 76.7 Å². The molecule has 0 spiro atoms. The van der Waals surface area contributed by atoms with Gasteiger partial charge in [-0.25, -0.2) is 4.99 Å². The molecule has 1 N–H and O–H groups in total. The summed E-state index contributed by atoms with van der Waals surface area (Å²) in [6.45, 7) is 23.9. The number of esters is 2. The number of aromatic amines is 1. The van der Waals surface area contributed by atoms with Crippen molar-refractivity contribution in [3.8, 4) is 34.4 Å². The number of rotatable bonds is 7. The predicted octanol–water partition coefficient (Wildman–Crippen LogP) is 6.85. The van der Waals surface area contributed by atoms with Crippen LogP contribution in [0, 0.1) is 41.3 Å². The Morgan fingerprint density at radius 3 is 1.79 bits per heavy atom. The van der Waals surface area contributed by atoms with E-state index in [9.17, 15) is 9.59 Å². The van der Waals surface area contributed by atoms with Crippen molar-refractivity contribution in [3.05, 3.63) is 39.4 Å². The number of allylic oxidation sites excluding steroid dienone is 3. The van der Waals surface area contributed by atoms with E-state index < -0.39 is 24.2 Å². The zero-order valence-electron chi connectivity index (χ0n) is 28.4. The number of ether oxygens (including phenoxy) is 2. The molecule has 6 nitrogen and oxygen atoms in total. The maximum Gasteiger partial charge on any atom is 0.305 e. The van der Waals surface area contributed by atoms with Crippen LogP contribution in [0.3, 0.4) is 0 Å². The van der Waals surface area contributed by atoms with E-state index in [0.717, 1.165) is 44.9 Å². The molecule has 0 unspecified atom stereocenters. The van der Waals surface area contributed by atoms with Crippen molar-refractivity contribution in [1.29, 1.82) is 0 Å². The van der Waals surface area contributed by atoms with E-state index in [2.05, 4.69) is 98.3 Å². The number of aromatic nitrogens is 1. The largest absolute Gasteiger partial charge is 0.469 e. The molecule has 0 bridgehead atoms. The lowest BCUT2D eigenvalue weighted by molar-refractivity contribution is -0.141. The summed E-state index contributed by atoms with van der Waals surface area (Å²) >= 11 is 0. The molecule has 2 heterocycles. The molecule has 1 aromatic heterocycles. The van der Waals surface area contributed by atoms with Crippen LogP contribution >= 0.6 is 0 Å². The first-order chi connectivity index (χ1) is 19.8. The molecule has 1 aliphatic rings. The number of carbonyl (C=O) groups is 2. The Hall–Kier alpha value is -3.30. The molecule has 0 amide bonds. The van der Waals surface area contributed by atoms with Crippen molar-refractivity contribution in [1.82, 2.24) is 4.98 Å². The fraction of sp³-hybridized carbons (Fsp3) is 0.500. The van der Waals surface area contributed by atoms with Crippen LogP contribution in [0.5, 0.6) is 0 Å². The maximum atomic E-state index is 12.2. The van der Waals surface area contributed by atoms with Crippen LogP contribution < -0.4 is 0 Å². The lowest BCUT2D eigenvalue weighted by Crippen LogP contribution is -2.17. The van der Waals surface area contributed by atoms with E-state index in [-0.39, 0.29) is 24.8 Å². The van der Waals surface area contributed by atoms with Crippen molar-refractivity contribution in [3.63, 3.8) is 0 Å². The predicted molar refractivity (Wildman–Crippen MR) is 187 cm³/mol. The molecule has 1 aromatic rings. The van der Waals surface area contributed by atoms with E-state index in [1.54, 1.807) is 0 Å². The Bertz CT molecular complexity index is 1550. The average molecular weight is 633 g/mol.